The van der Waals surface area contributed by atoms with Crippen molar-refractivity contribution < 1.29 is 17.9 Å². The molecule has 0 radical (unpaired) electrons. The molecule has 0 saturated carbocycles. The van der Waals surface area contributed by atoms with Crippen LogP contribution in [0.1, 0.15) is 49.4 Å². The van der Waals surface area contributed by atoms with Gasteiger partial charge in [0.2, 0.25) is 0 Å². The van der Waals surface area contributed by atoms with Crippen molar-refractivity contribution in [3.63, 3.8) is 0 Å². The first-order valence-corrected chi connectivity index (χ1v) is 14.0. The van der Waals surface area contributed by atoms with Gasteiger partial charge in [-0.3, -0.25) is 14.8 Å². The number of carbonyl (C=O) groups is 1. The summed E-state index contributed by atoms with van der Waals surface area (Å²) in [7, 11) is -3.74. The van der Waals surface area contributed by atoms with E-state index < -0.39 is 10.0 Å². The van der Waals surface area contributed by atoms with Crippen LogP contribution in [0.3, 0.4) is 0 Å². The molecular formula is C24H28N4O4S3. The molecule has 0 bridgehead atoms. The fourth-order valence-corrected chi connectivity index (χ4v) is 5.10. The van der Waals surface area contributed by atoms with Crippen LogP contribution in [0.4, 0.5) is 10.8 Å². The number of anilines is 2. The molecule has 0 fully saturated rings. The summed E-state index contributed by atoms with van der Waals surface area (Å²) in [6.45, 7) is 2.84. The number of nitrogens with zero attached hydrogens (tertiary/aromatic N) is 1. The van der Waals surface area contributed by atoms with Gasteiger partial charge in [-0.25, -0.2) is 13.4 Å². The third-order valence-electron chi connectivity index (χ3n) is 4.94. The molecule has 8 nitrogen and oxygen atoms in total. The van der Waals surface area contributed by atoms with E-state index in [0.717, 1.165) is 18.6 Å². The monoisotopic (exact) mass is 532 g/mol. The molecule has 0 saturated heterocycles. The highest BCUT2D eigenvalue weighted by molar-refractivity contribution is 7.93. The highest BCUT2D eigenvalue weighted by atomic mass is 32.2. The Morgan fingerprint density at radius 1 is 1.03 bits per heavy atom. The van der Waals surface area contributed by atoms with Gasteiger partial charge in [0.1, 0.15) is 5.75 Å². The van der Waals surface area contributed by atoms with Gasteiger partial charge in [0, 0.05) is 22.8 Å². The van der Waals surface area contributed by atoms with Crippen molar-refractivity contribution in [2.75, 3.05) is 16.6 Å². The van der Waals surface area contributed by atoms with Gasteiger partial charge in [0.25, 0.3) is 15.9 Å². The van der Waals surface area contributed by atoms with Gasteiger partial charge in [-0.2, -0.15) is 0 Å². The molecule has 0 aliphatic rings. The number of nitrogens with one attached hydrogen (secondary N) is 3. The Kier molecular flexibility index (Phi) is 10.0. The summed E-state index contributed by atoms with van der Waals surface area (Å²) in [4.78, 5) is 16.5. The minimum Gasteiger partial charge on any atom is -0.494 e. The molecule has 186 valence electrons. The summed E-state index contributed by atoms with van der Waals surface area (Å²) in [5, 5.41) is 7.56. The lowest BCUT2D eigenvalue weighted by atomic mass is 10.2. The summed E-state index contributed by atoms with van der Waals surface area (Å²) in [5.41, 5.74) is 0.977. The second-order valence-electron chi connectivity index (χ2n) is 7.66. The zero-order valence-electron chi connectivity index (χ0n) is 19.3. The van der Waals surface area contributed by atoms with Crippen LogP contribution in [0, 0.1) is 0 Å². The molecule has 1 heterocycles. The molecule has 2 aromatic carbocycles. The summed E-state index contributed by atoms with van der Waals surface area (Å²) in [6.07, 6.45) is 7.37. The van der Waals surface area contributed by atoms with E-state index >= 15 is 0 Å². The Hall–Kier alpha value is -3.02. The van der Waals surface area contributed by atoms with Gasteiger partial charge < -0.3 is 10.1 Å². The second-order valence-corrected chi connectivity index (χ2v) is 10.6. The molecular weight excluding hydrogens is 504 g/mol. The van der Waals surface area contributed by atoms with Crippen molar-refractivity contribution >= 4 is 55.4 Å². The number of ether oxygens (including phenoxy) is 1. The van der Waals surface area contributed by atoms with Gasteiger partial charge >= 0.3 is 0 Å². The van der Waals surface area contributed by atoms with Crippen molar-refractivity contribution in [3.05, 3.63) is 65.7 Å². The third-order valence-corrected chi connectivity index (χ3v) is 7.31. The van der Waals surface area contributed by atoms with Crippen LogP contribution < -0.4 is 20.1 Å². The van der Waals surface area contributed by atoms with Crippen LogP contribution in [-0.4, -0.2) is 31.0 Å². The Bertz CT molecular complexity index is 1200. The predicted octanol–water partition coefficient (Wildman–Crippen LogP) is 5.42. The largest absolute Gasteiger partial charge is 0.494 e. The van der Waals surface area contributed by atoms with Crippen molar-refractivity contribution in [3.8, 4) is 5.75 Å². The van der Waals surface area contributed by atoms with E-state index in [0.29, 0.717) is 17.9 Å². The molecule has 35 heavy (non-hydrogen) atoms. The average Bonchev–Trinajstić information content (AvgIpc) is 3.34. The normalized spacial score (nSPS) is 11.0. The molecule has 0 unspecified atom stereocenters. The number of amides is 1. The van der Waals surface area contributed by atoms with Crippen LogP contribution in [0.25, 0.3) is 0 Å². The summed E-state index contributed by atoms with van der Waals surface area (Å²) >= 11 is 6.41. The zero-order chi connectivity index (χ0) is 25.1. The first-order valence-electron chi connectivity index (χ1n) is 11.2. The Balaban J connectivity index is 1.46. The van der Waals surface area contributed by atoms with Crippen LogP contribution in [0.2, 0.25) is 0 Å². The molecule has 3 N–H and O–H groups in total. The summed E-state index contributed by atoms with van der Waals surface area (Å²) in [5.74, 6) is 0.359. The SMILES string of the molecule is CCCCCCCOc1ccc(C(=O)NC(=S)Nc2ccc(S(=O)(=O)Nc3nccs3)cc2)cc1. The van der Waals surface area contributed by atoms with Gasteiger partial charge in [-0.05, 0) is 67.2 Å². The van der Waals surface area contributed by atoms with Crippen molar-refractivity contribution in [1.82, 2.24) is 10.3 Å². The number of sulfonamides is 1. The van der Waals surface area contributed by atoms with E-state index in [2.05, 4.69) is 27.3 Å². The highest BCUT2D eigenvalue weighted by Gasteiger charge is 2.15. The molecule has 0 atom stereocenters. The Morgan fingerprint density at radius 3 is 2.40 bits per heavy atom. The fraction of sp³-hybridized carbons (Fsp3) is 0.292. The van der Waals surface area contributed by atoms with Gasteiger partial charge in [0.05, 0.1) is 11.5 Å². The second kappa shape index (κ2) is 13.2. The maximum Gasteiger partial charge on any atom is 0.263 e. The van der Waals surface area contributed by atoms with E-state index in [4.69, 9.17) is 17.0 Å². The van der Waals surface area contributed by atoms with Crippen LogP contribution in [-0.2, 0) is 10.0 Å². The molecule has 0 aliphatic carbocycles. The molecule has 1 aromatic heterocycles. The maximum absolute atomic E-state index is 12.5. The number of hydrogen-bond donors (Lipinski definition) is 3. The number of unbranched alkanes of at least 4 members (excludes halogenated alkanes) is 4. The minimum atomic E-state index is -3.74. The number of carbonyl (C=O) groups excluding carboxylic acids is 1. The topological polar surface area (TPSA) is 109 Å². The van der Waals surface area contributed by atoms with E-state index in [9.17, 15) is 13.2 Å². The van der Waals surface area contributed by atoms with E-state index in [1.165, 1.54) is 48.9 Å². The molecule has 0 spiro atoms. The molecule has 11 heteroatoms. The number of thiazole rings is 1. The van der Waals surface area contributed by atoms with Crippen molar-refractivity contribution in [1.29, 1.82) is 0 Å². The van der Waals surface area contributed by atoms with E-state index in [-0.39, 0.29) is 21.0 Å². The maximum atomic E-state index is 12.5. The summed E-state index contributed by atoms with van der Waals surface area (Å²) < 4.78 is 33.0. The highest BCUT2D eigenvalue weighted by Crippen LogP contribution is 2.19. The van der Waals surface area contributed by atoms with Gasteiger partial charge in [-0.1, -0.05) is 32.6 Å². The lowest BCUT2D eigenvalue weighted by Crippen LogP contribution is -2.34. The summed E-state index contributed by atoms with van der Waals surface area (Å²) in [6, 6.07) is 12.9. The minimum absolute atomic E-state index is 0.0801. The molecule has 3 rings (SSSR count). The molecule has 3 aromatic rings. The smallest absolute Gasteiger partial charge is 0.263 e. The zero-order valence-corrected chi connectivity index (χ0v) is 21.8. The Morgan fingerprint density at radius 2 is 1.74 bits per heavy atom. The van der Waals surface area contributed by atoms with Crippen LogP contribution >= 0.6 is 23.6 Å². The number of aromatic nitrogens is 1. The van der Waals surface area contributed by atoms with Crippen LogP contribution in [0.15, 0.2) is 65.0 Å². The fourth-order valence-electron chi connectivity index (χ4n) is 3.10. The van der Waals surface area contributed by atoms with E-state index in [1.54, 1.807) is 41.8 Å². The Labute approximate surface area is 215 Å². The first kappa shape index (κ1) is 26.6. The first-order chi connectivity index (χ1) is 16.9. The molecule has 1 amide bonds. The number of thiocarbonyl (C=S) groups is 1. The quantitative estimate of drug-likeness (QED) is 0.211. The predicted molar refractivity (Wildman–Crippen MR) is 144 cm³/mol. The standard InChI is InChI=1S/C24H28N4O4S3/c1-2-3-4-5-6-16-32-20-11-7-18(8-12-20)22(29)27-23(33)26-19-9-13-21(14-10-19)35(30,31)28-24-25-15-17-34-24/h7-15,17H,2-6,16H2,1H3,(H,25,28)(H2,26,27,29,33). The average molecular weight is 533 g/mol. The van der Waals surface area contributed by atoms with Crippen molar-refractivity contribution in [2.45, 2.75) is 43.9 Å². The van der Waals surface area contributed by atoms with Gasteiger partial charge in [0.15, 0.2) is 10.2 Å². The third kappa shape index (κ3) is 8.61. The lowest BCUT2D eigenvalue weighted by Gasteiger charge is -2.11. The number of hydrogen-bond acceptors (Lipinski definition) is 7. The van der Waals surface area contributed by atoms with E-state index in [1.807, 2.05) is 0 Å². The van der Waals surface area contributed by atoms with Crippen molar-refractivity contribution in [2.24, 2.45) is 0 Å². The van der Waals surface area contributed by atoms with Crippen LogP contribution in [0.5, 0.6) is 5.75 Å². The number of benzene rings is 2. The van der Waals surface area contributed by atoms with Gasteiger partial charge in [-0.15, -0.1) is 11.3 Å². The number of rotatable bonds is 12. The molecule has 0 aliphatic heterocycles. The lowest BCUT2D eigenvalue weighted by molar-refractivity contribution is 0.0977.